The molecule has 1 fully saturated rings. The van der Waals surface area contributed by atoms with Crippen LogP contribution in [0.3, 0.4) is 0 Å². The smallest absolute Gasteiger partial charge is 0.319 e. The van der Waals surface area contributed by atoms with Crippen LogP contribution in [-0.2, 0) is 0 Å². The van der Waals surface area contributed by atoms with Gasteiger partial charge < -0.3 is 15.7 Å². The number of aliphatic hydroxyl groups excluding tert-OH is 1. The zero-order chi connectivity index (χ0) is 13.9. The molecule has 0 aromatic heterocycles. The molecule has 0 aliphatic heterocycles. The van der Waals surface area contributed by atoms with Gasteiger partial charge in [0.15, 0.2) is 0 Å². The summed E-state index contributed by atoms with van der Waals surface area (Å²) in [5, 5.41) is 15.2. The van der Waals surface area contributed by atoms with E-state index < -0.39 is 0 Å². The monoisotopic (exact) mass is 326 g/mol. The number of aliphatic hydroxyl groups is 1. The van der Waals surface area contributed by atoms with Gasteiger partial charge in [-0.3, -0.25) is 0 Å². The zero-order valence-electron chi connectivity index (χ0n) is 10.9. The third-order valence-corrected chi connectivity index (χ3v) is 4.56. The van der Waals surface area contributed by atoms with Gasteiger partial charge in [-0.15, -0.1) is 0 Å². The van der Waals surface area contributed by atoms with Gasteiger partial charge in [0.1, 0.15) is 0 Å². The molecule has 2 amide bonds. The van der Waals surface area contributed by atoms with Gasteiger partial charge in [-0.1, -0.05) is 25.5 Å². The van der Waals surface area contributed by atoms with Crippen LogP contribution in [0.25, 0.3) is 0 Å². The number of benzene rings is 1. The lowest BCUT2D eigenvalue weighted by atomic mass is 9.86. The highest BCUT2D eigenvalue weighted by Gasteiger charge is 2.39. The maximum atomic E-state index is 12.0. The molecule has 2 rings (SSSR count). The number of nitrogens with one attached hydrogen (secondary N) is 2. The quantitative estimate of drug-likeness (QED) is 0.799. The largest absolute Gasteiger partial charge is 0.396 e. The Hall–Kier alpha value is -1.07. The number of rotatable bonds is 3. The van der Waals surface area contributed by atoms with Crippen LogP contribution in [0.2, 0.25) is 0 Å². The number of urea groups is 1. The van der Waals surface area contributed by atoms with Crippen molar-refractivity contribution < 1.29 is 9.90 Å². The van der Waals surface area contributed by atoms with E-state index in [0.717, 1.165) is 29.4 Å². The molecule has 0 spiro atoms. The van der Waals surface area contributed by atoms with Crippen LogP contribution in [0.1, 0.15) is 26.2 Å². The van der Waals surface area contributed by atoms with Crippen LogP contribution < -0.4 is 10.6 Å². The van der Waals surface area contributed by atoms with E-state index in [0.29, 0.717) is 0 Å². The Kier molecular flexibility index (Phi) is 4.47. The summed E-state index contributed by atoms with van der Waals surface area (Å²) in [4.78, 5) is 12.0. The normalized spacial score (nSPS) is 26.2. The second-order valence-corrected chi connectivity index (χ2v) is 6.19. The lowest BCUT2D eigenvalue weighted by Gasteiger charge is -2.30. The Morgan fingerprint density at radius 3 is 2.95 bits per heavy atom. The summed E-state index contributed by atoms with van der Waals surface area (Å²) in [6, 6.07) is 7.28. The first-order chi connectivity index (χ1) is 9.05. The predicted molar refractivity (Wildman–Crippen MR) is 79.1 cm³/mol. The van der Waals surface area contributed by atoms with E-state index in [-0.39, 0.29) is 24.1 Å². The topological polar surface area (TPSA) is 61.4 Å². The van der Waals surface area contributed by atoms with Crippen molar-refractivity contribution >= 4 is 27.6 Å². The minimum atomic E-state index is -0.224. The van der Waals surface area contributed by atoms with Gasteiger partial charge in [-0.05, 0) is 40.9 Å². The fraction of sp³-hybridized carbons (Fsp3) is 0.500. The maximum Gasteiger partial charge on any atom is 0.319 e. The summed E-state index contributed by atoms with van der Waals surface area (Å²) < 4.78 is 0.849. The van der Waals surface area contributed by atoms with E-state index in [1.165, 1.54) is 0 Å². The van der Waals surface area contributed by atoms with Crippen molar-refractivity contribution in [2.75, 3.05) is 11.9 Å². The van der Waals surface area contributed by atoms with E-state index in [4.69, 9.17) is 0 Å². The lowest BCUT2D eigenvalue weighted by Crippen LogP contribution is -2.46. The standard InChI is InChI=1S/C14H19BrN2O2/c1-14(9-18)8-4-7-12(14)17-13(19)16-11-6-3-2-5-10(11)15/h2-3,5-6,12,18H,4,7-9H2,1H3,(H2,16,17,19). The van der Waals surface area contributed by atoms with E-state index in [1.54, 1.807) is 0 Å². The predicted octanol–water partition coefficient (Wildman–Crippen LogP) is 3.12. The third kappa shape index (κ3) is 3.28. The molecule has 5 heteroatoms. The number of carbonyl (C=O) groups excluding carboxylic acids is 1. The lowest BCUT2D eigenvalue weighted by molar-refractivity contribution is 0.122. The van der Waals surface area contributed by atoms with Crippen LogP contribution in [0, 0.1) is 5.41 Å². The number of para-hydroxylation sites is 1. The fourth-order valence-corrected chi connectivity index (χ4v) is 2.93. The Morgan fingerprint density at radius 2 is 2.26 bits per heavy atom. The van der Waals surface area contributed by atoms with Gasteiger partial charge in [0.2, 0.25) is 0 Å². The first-order valence-electron chi connectivity index (χ1n) is 6.48. The number of amides is 2. The SMILES string of the molecule is CC1(CO)CCCC1NC(=O)Nc1ccccc1Br. The van der Waals surface area contributed by atoms with E-state index in [9.17, 15) is 9.90 Å². The van der Waals surface area contributed by atoms with Gasteiger partial charge >= 0.3 is 6.03 Å². The highest BCUT2D eigenvalue weighted by molar-refractivity contribution is 9.10. The average molecular weight is 327 g/mol. The minimum Gasteiger partial charge on any atom is -0.396 e. The molecule has 1 aromatic carbocycles. The van der Waals surface area contributed by atoms with Crippen LogP contribution in [-0.4, -0.2) is 23.8 Å². The molecule has 0 heterocycles. The molecule has 0 saturated heterocycles. The number of anilines is 1. The summed E-state index contributed by atoms with van der Waals surface area (Å²) in [6.07, 6.45) is 2.90. The number of halogens is 1. The van der Waals surface area contributed by atoms with Gasteiger partial charge in [-0.2, -0.15) is 0 Å². The number of hydrogen-bond acceptors (Lipinski definition) is 2. The Morgan fingerprint density at radius 1 is 1.53 bits per heavy atom. The molecule has 0 bridgehead atoms. The third-order valence-electron chi connectivity index (χ3n) is 3.87. The van der Waals surface area contributed by atoms with Gasteiger partial charge in [0.25, 0.3) is 0 Å². The first-order valence-corrected chi connectivity index (χ1v) is 7.27. The van der Waals surface area contributed by atoms with Gasteiger partial charge in [0.05, 0.1) is 12.3 Å². The van der Waals surface area contributed by atoms with Crippen molar-refractivity contribution in [1.29, 1.82) is 0 Å². The first kappa shape index (κ1) is 14.3. The van der Waals surface area contributed by atoms with Gasteiger partial charge in [-0.25, -0.2) is 4.79 Å². The highest BCUT2D eigenvalue weighted by Crippen LogP contribution is 2.37. The average Bonchev–Trinajstić information content (AvgIpc) is 2.75. The van der Waals surface area contributed by atoms with Crippen LogP contribution in [0.5, 0.6) is 0 Å². The molecule has 1 saturated carbocycles. The number of carbonyl (C=O) groups is 1. The summed E-state index contributed by atoms with van der Waals surface area (Å²) in [5.74, 6) is 0. The van der Waals surface area contributed by atoms with Crippen LogP contribution in [0.15, 0.2) is 28.7 Å². The van der Waals surface area contributed by atoms with E-state index in [2.05, 4.69) is 26.6 Å². The van der Waals surface area contributed by atoms with Crippen molar-refractivity contribution in [3.63, 3.8) is 0 Å². The molecule has 4 nitrogen and oxygen atoms in total. The van der Waals surface area contributed by atoms with Crippen LogP contribution >= 0.6 is 15.9 Å². The van der Waals surface area contributed by atoms with Crippen molar-refractivity contribution in [1.82, 2.24) is 5.32 Å². The molecule has 0 radical (unpaired) electrons. The van der Waals surface area contributed by atoms with Gasteiger partial charge in [0, 0.05) is 15.9 Å². The Labute approximate surface area is 121 Å². The minimum absolute atomic E-state index is 0.0278. The summed E-state index contributed by atoms with van der Waals surface area (Å²) in [7, 11) is 0. The second-order valence-electron chi connectivity index (χ2n) is 5.34. The van der Waals surface area contributed by atoms with Crippen molar-refractivity contribution in [2.24, 2.45) is 5.41 Å². The molecule has 104 valence electrons. The molecular formula is C14H19BrN2O2. The molecule has 1 aromatic rings. The van der Waals surface area contributed by atoms with Crippen molar-refractivity contribution in [3.05, 3.63) is 28.7 Å². The summed E-state index contributed by atoms with van der Waals surface area (Å²) >= 11 is 3.39. The van der Waals surface area contributed by atoms with Crippen LogP contribution in [0.4, 0.5) is 10.5 Å². The summed E-state index contributed by atoms with van der Waals surface area (Å²) in [6.45, 7) is 2.12. The molecule has 2 atom stereocenters. The molecule has 1 aliphatic rings. The Bertz CT molecular complexity index is 467. The maximum absolute atomic E-state index is 12.0. The molecule has 3 N–H and O–H groups in total. The van der Waals surface area contributed by atoms with Crippen molar-refractivity contribution in [3.8, 4) is 0 Å². The van der Waals surface area contributed by atoms with Crippen molar-refractivity contribution in [2.45, 2.75) is 32.2 Å². The molecular weight excluding hydrogens is 308 g/mol. The highest BCUT2D eigenvalue weighted by atomic mass is 79.9. The second kappa shape index (κ2) is 5.92. The zero-order valence-corrected chi connectivity index (χ0v) is 12.5. The summed E-state index contributed by atoms with van der Waals surface area (Å²) in [5.41, 5.74) is 0.536. The van der Waals surface area contributed by atoms with E-state index in [1.807, 2.05) is 31.2 Å². The number of hydrogen-bond donors (Lipinski definition) is 3. The molecule has 19 heavy (non-hydrogen) atoms. The van der Waals surface area contributed by atoms with E-state index >= 15 is 0 Å². The Balaban J connectivity index is 1.97. The fourth-order valence-electron chi connectivity index (χ4n) is 2.55. The molecule has 1 aliphatic carbocycles. The molecule has 2 unspecified atom stereocenters.